The molecule has 2 amide bonds. The first kappa shape index (κ1) is 19.0. The van der Waals surface area contributed by atoms with E-state index in [1.165, 1.54) is 30.3 Å². The highest BCUT2D eigenvalue weighted by Crippen LogP contribution is 2.22. The molecule has 2 heterocycles. The fraction of sp³-hybridized carbons (Fsp3) is 0. The highest BCUT2D eigenvalue weighted by molar-refractivity contribution is 7.94. The Morgan fingerprint density at radius 2 is 1.70 bits per heavy atom. The zero-order valence-corrected chi connectivity index (χ0v) is 15.8. The van der Waals surface area contributed by atoms with Crippen molar-refractivity contribution in [1.29, 1.82) is 0 Å². The van der Waals surface area contributed by atoms with E-state index in [2.05, 4.69) is 15.6 Å². The summed E-state index contributed by atoms with van der Waals surface area (Å²) in [6, 6.07) is 11.8. The largest absolute Gasteiger partial charge is 0.439 e. The number of thiophene rings is 1. The van der Waals surface area contributed by atoms with E-state index < -0.39 is 21.8 Å². The van der Waals surface area contributed by atoms with Crippen molar-refractivity contribution in [2.24, 2.45) is 0 Å². The third kappa shape index (κ3) is 4.48. The maximum absolute atomic E-state index is 12.4. The predicted octanol–water partition coefficient (Wildman–Crippen LogP) is 2.87. The van der Waals surface area contributed by atoms with Gasteiger partial charge in [-0.15, -0.1) is 11.3 Å². The van der Waals surface area contributed by atoms with E-state index in [-0.39, 0.29) is 26.4 Å². The molecule has 27 heavy (non-hydrogen) atoms. The molecule has 3 rings (SSSR count). The maximum atomic E-state index is 12.4. The molecule has 0 unspecified atom stereocenters. The van der Waals surface area contributed by atoms with Gasteiger partial charge in [-0.25, -0.2) is 8.42 Å². The first-order chi connectivity index (χ1) is 12.9. The van der Waals surface area contributed by atoms with Crippen LogP contribution in [0.4, 0.5) is 5.69 Å². The van der Waals surface area contributed by atoms with Gasteiger partial charge < -0.3 is 4.42 Å². The molecule has 0 aliphatic rings. The van der Waals surface area contributed by atoms with Gasteiger partial charge in [0.25, 0.3) is 15.9 Å². The van der Waals surface area contributed by atoms with Crippen molar-refractivity contribution in [3.63, 3.8) is 0 Å². The number of halogens is 1. The lowest BCUT2D eigenvalue weighted by Gasteiger charge is -2.12. The van der Waals surface area contributed by atoms with E-state index in [9.17, 15) is 18.0 Å². The Kier molecular flexibility index (Phi) is 5.49. The second kappa shape index (κ2) is 7.82. The highest BCUT2D eigenvalue weighted by atomic mass is 35.5. The van der Waals surface area contributed by atoms with Gasteiger partial charge in [-0.1, -0.05) is 18.2 Å². The Balaban J connectivity index is 1.73. The second-order valence-electron chi connectivity index (χ2n) is 5.10. The molecule has 0 aliphatic heterocycles. The van der Waals surface area contributed by atoms with Crippen LogP contribution in [0.5, 0.6) is 0 Å². The third-order valence-electron chi connectivity index (χ3n) is 3.26. The molecule has 0 atom stereocenters. The molecule has 2 aromatic heterocycles. The minimum absolute atomic E-state index is 0.0235. The van der Waals surface area contributed by atoms with Crippen LogP contribution in [-0.2, 0) is 10.0 Å². The Hall–Kier alpha value is -2.82. The predicted molar refractivity (Wildman–Crippen MR) is 100 cm³/mol. The van der Waals surface area contributed by atoms with Crippen LogP contribution in [0.3, 0.4) is 0 Å². The number of furan rings is 1. The molecule has 8 nitrogen and oxygen atoms in total. The number of carbonyl (C=O) groups is 2. The van der Waals surface area contributed by atoms with Crippen molar-refractivity contribution in [3.05, 3.63) is 70.5 Å². The summed E-state index contributed by atoms with van der Waals surface area (Å²) in [5, 5.41) is 1.66. The number of hydrogen-bond acceptors (Lipinski definition) is 6. The lowest BCUT2D eigenvalue weighted by Crippen LogP contribution is -2.41. The fourth-order valence-corrected chi connectivity index (χ4v) is 4.28. The lowest BCUT2D eigenvalue weighted by atomic mass is 10.2. The number of rotatable bonds is 5. The second-order valence-corrected chi connectivity index (χ2v) is 8.32. The smallest absolute Gasteiger partial charge is 0.305 e. The number of hydrazine groups is 1. The topological polar surface area (TPSA) is 118 Å². The number of para-hydroxylation sites is 1. The molecule has 0 saturated carbocycles. The Labute approximate surface area is 163 Å². The van der Waals surface area contributed by atoms with Gasteiger partial charge in [0.2, 0.25) is 0 Å². The quantitative estimate of drug-likeness (QED) is 0.543. The van der Waals surface area contributed by atoms with Gasteiger partial charge in [-0.05, 0) is 47.3 Å². The molecule has 3 aromatic rings. The van der Waals surface area contributed by atoms with Crippen molar-refractivity contribution >= 4 is 50.5 Å². The third-order valence-corrected chi connectivity index (χ3v) is 6.23. The maximum Gasteiger partial charge on any atom is 0.305 e. The number of benzene rings is 1. The summed E-state index contributed by atoms with van der Waals surface area (Å²) < 4.78 is 32.1. The molecule has 11 heteroatoms. The average Bonchev–Trinajstić information content (AvgIpc) is 3.31. The zero-order valence-electron chi connectivity index (χ0n) is 13.4. The van der Waals surface area contributed by atoms with E-state index in [0.717, 1.165) is 11.3 Å². The fourth-order valence-electron chi connectivity index (χ4n) is 2.06. The van der Waals surface area contributed by atoms with Gasteiger partial charge in [0.15, 0.2) is 11.0 Å². The zero-order chi connectivity index (χ0) is 19.4. The first-order valence-electron chi connectivity index (χ1n) is 7.38. The summed E-state index contributed by atoms with van der Waals surface area (Å²) in [6.07, 6.45) is 0. The van der Waals surface area contributed by atoms with Crippen LogP contribution in [0.1, 0.15) is 20.9 Å². The van der Waals surface area contributed by atoms with E-state index in [4.69, 9.17) is 16.0 Å². The standard InChI is InChI=1S/C16H12ClN3O5S2/c17-13-8-7-12(25-13)16(22)19-18-15(21)10-4-1-2-5-11(10)20-27(23,24)14-6-3-9-26-14/h1-9,20H,(H,18,21)(H,19,22). The monoisotopic (exact) mass is 425 g/mol. The summed E-state index contributed by atoms with van der Waals surface area (Å²) >= 11 is 6.64. The first-order valence-corrected chi connectivity index (χ1v) is 10.1. The molecule has 3 N–H and O–H groups in total. The van der Waals surface area contributed by atoms with Crippen LogP contribution in [0.15, 0.2) is 62.5 Å². The summed E-state index contributed by atoms with van der Waals surface area (Å²) in [5.41, 5.74) is 4.45. The summed E-state index contributed by atoms with van der Waals surface area (Å²) in [5.74, 6) is -1.52. The van der Waals surface area contributed by atoms with Gasteiger partial charge in [-0.2, -0.15) is 0 Å². The average molecular weight is 426 g/mol. The minimum atomic E-state index is -3.83. The SMILES string of the molecule is O=C(NNC(=O)c1ccccc1NS(=O)(=O)c1cccs1)c1ccc(Cl)o1. The number of hydrogen-bond donors (Lipinski definition) is 3. The van der Waals surface area contributed by atoms with E-state index in [1.807, 2.05) is 0 Å². The van der Waals surface area contributed by atoms with Gasteiger partial charge >= 0.3 is 5.91 Å². The summed E-state index contributed by atoms with van der Waals surface area (Å²) in [6.45, 7) is 0. The van der Waals surface area contributed by atoms with Gasteiger partial charge in [-0.3, -0.25) is 25.2 Å². The molecule has 0 bridgehead atoms. The molecule has 0 aliphatic carbocycles. The lowest BCUT2D eigenvalue weighted by molar-refractivity contribution is 0.0831. The van der Waals surface area contributed by atoms with Gasteiger partial charge in [0.05, 0.1) is 11.3 Å². The number of amides is 2. The van der Waals surface area contributed by atoms with Crippen molar-refractivity contribution in [1.82, 2.24) is 10.9 Å². The van der Waals surface area contributed by atoms with Crippen LogP contribution < -0.4 is 15.6 Å². The Bertz CT molecular complexity index is 1080. The van der Waals surface area contributed by atoms with E-state index in [1.54, 1.807) is 23.6 Å². The minimum Gasteiger partial charge on any atom is -0.439 e. The van der Waals surface area contributed by atoms with Crippen LogP contribution in [0.2, 0.25) is 5.22 Å². The van der Waals surface area contributed by atoms with Crippen LogP contribution >= 0.6 is 22.9 Å². The van der Waals surface area contributed by atoms with E-state index in [0.29, 0.717) is 0 Å². The molecule has 0 radical (unpaired) electrons. The molecule has 140 valence electrons. The molecular weight excluding hydrogens is 414 g/mol. The Morgan fingerprint density at radius 3 is 2.37 bits per heavy atom. The van der Waals surface area contributed by atoms with Crippen molar-refractivity contribution in [2.75, 3.05) is 4.72 Å². The molecule has 0 saturated heterocycles. The summed E-state index contributed by atoms with van der Waals surface area (Å²) in [4.78, 5) is 24.2. The Morgan fingerprint density at radius 1 is 0.963 bits per heavy atom. The molecule has 0 spiro atoms. The number of sulfonamides is 1. The summed E-state index contributed by atoms with van der Waals surface area (Å²) in [7, 11) is -3.83. The molecule has 0 fully saturated rings. The van der Waals surface area contributed by atoms with Crippen LogP contribution in [0, 0.1) is 0 Å². The number of nitrogens with one attached hydrogen (secondary N) is 3. The van der Waals surface area contributed by atoms with Gasteiger partial charge in [0.1, 0.15) is 4.21 Å². The molecular formula is C16H12ClN3O5S2. The normalized spacial score (nSPS) is 11.0. The van der Waals surface area contributed by atoms with Gasteiger partial charge in [0, 0.05) is 0 Å². The number of anilines is 1. The van der Waals surface area contributed by atoms with E-state index >= 15 is 0 Å². The van der Waals surface area contributed by atoms with Crippen molar-refractivity contribution < 1.29 is 22.4 Å². The van der Waals surface area contributed by atoms with Crippen LogP contribution in [0.25, 0.3) is 0 Å². The number of carbonyl (C=O) groups excluding carboxylic acids is 2. The van der Waals surface area contributed by atoms with Crippen LogP contribution in [-0.4, -0.2) is 20.2 Å². The highest BCUT2D eigenvalue weighted by Gasteiger charge is 2.20. The van der Waals surface area contributed by atoms with Crippen molar-refractivity contribution in [2.45, 2.75) is 4.21 Å². The molecule has 1 aromatic carbocycles. The van der Waals surface area contributed by atoms with Crippen molar-refractivity contribution in [3.8, 4) is 0 Å².